The Bertz CT molecular complexity index is 542. The third kappa shape index (κ3) is 2.20. The zero-order valence-electron chi connectivity index (χ0n) is 10.4. The number of aromatic nitrogens is 4. The van der Waals surface area contributed by atoms with E-state index in [-0.39, 0.29) is 5.91 Å². The number of nitrogens with one attached hydrogen (secondary N) is 2. The summed E-state index contributed by atoms with van der Waals surface area (Å²) >= 11 is 0. The maximum atomic E-state index is 12.1. The first-order valence-electron chi connectivity index (χ1n) is 5.72. The minimum atomic E-state index is -0.226. The molecule has 0 radical (unpaired) electrons. The summed E-state index contributed by atoms with van der Waals surface area (Å²) in [6.07, 6.45) is 3.39. The monoisotopic (exact) mass is 248 g/mol. The van der Waals surface area contributed by atoms with E-state index in [0.717, 1.165) is 5.56 Å². The van der Waals surface area contributed by atoms with Gasteiger partial charge in [0.25, 0.3) is 5.91 Å². The molecule has 2 aromatic heterocycles. The largest absolute Gasteiger partial charge is 0.395 e. The minimum Gasteiger partial charge on any atom is -0.395 e. The van der Waals surface area contributed by atoms with Crippen LogP contribution in [-0.4, -0.2) is 25.9 Å². The standard InChI is InChI=1S/C11H16N6O/c1-3-17-10(9(12)7(2)16-17)11(18)13-4-8-5-14-15-6-8/h5-6H,3-4,12H2,1-2H3,(H,13,18)(H,14,15). The van der Waals surface area contributed by atoms with E-state index < -0.39 is 0 Å². The van der Waals surface area contributed by atoms with Crippen LogP contribution in [0.25, 0.3) is 0 Å². The highest BCUT2D eigenvalue weighted by Gasteiger charge is 2.18. The van der Waals surface area contributed by atoms with Crippen LogP contribution < -0.4 is 11.1 Å². The molecule has 2 rings (SSSR count). The molecule has 0 aliphatic heterocycles. The Morgan fingerprint density at radius 2 is 2.39 bits per heavy atom. The van der Waals surface area contributed by atoms with Gasteiger partial charge < -0.3 is 11.1 Å². The van der Waals surface area contributed by atoms with E-state index in [1.165, 1.54) is 0 Å². The normalized spacial score (nSPS) is 10.6. The second-order valence-corrected chi connectivity index (χ2v) is 3.95. The number of rotatable bonds is 4. The van der Waals surface area contributed by atoms with Gasteiger partial charge >= 0.3 is 0 Å². The first-order valence-corrected chi connectivity index (χ1v) is 5.72. The number of aryl methyl sites for hydroxylation is 2. The smallest absolute Gasteiger partial charge is 0.271 e. The molecule has 0 saturated carbocycles. The average molecular weight is 248 g/mol. The summed E-state index contributed by atoms with van der Waals surface area (Å²) in [4.78, 5) is 12.1. The molecule has 2 aromatic rings. The van der Waals surface area contributed by atoms with Crippen LogP contribution >= 0.6 is 0 Å². The molecule has 2 heterocycles. The first-order chi connectivity index (χ1) is 8.63. The second kappa shape index (κ2) is 4.91. The third-order valence-corrected chi connectivity index (χ3v) is 2.70. The Balaban J connectivity index is 2.13. The number of nitrogens with two attached hydrogens (primary N) is 1. The molecule has 0 bridgehead atoms. The molecule has 0 aliphatic carbocycles. The molecule has 4 N–H and O–H groups in total. The van der Waals surface area contributed by atoms with Gasteiger partial charge in [-0.1, -0.05) is 0 Å². The molecule has 7 nitrogen and oxygen atoms in total. The molecule has 0 fully saturated rings. The number of nitrogens with zero attached hydrogens (tertiary/aromatic N) is 3. The quantitative estimate of drug-likeness (QED) is 0.731. The first kappa shape index (κ1) is 12.2. The number of nitrogen functional groups attached to an aromatic ring is 1. The Labute approximate surface area is 104 Å². The molecule has 0 aliphatic rings. The van der Waals surface area contributed by atoms with Crippen molar-refractivity contribution in [3.63, 3.8) is 0 Å². The van der Waals surface area contributed by atoms with Gasteiger partial charge in [-0.3, -0.25) is 14.6 Å². The molecule has 1 amide bonds. The summed E-state index contributed by atoms with van der Waals surface area (Å²) in [6, 6.07) is 0. The molecular formula is C11H16N6O. The van der Waals surface area contributed by atoms with Crippen molar-refractivity contribution in [2.24, 2.45) is 0 Å². The number of hydrogen-bond donors (Lipinski definition) is 3. The van der Waals surface area contributed by atoms with E-state index >= 15 is 0 Å². The fourth-order valence-corrected chi connectivity index (χ4v) is 1.70. The van der Waals surface area contributed by atoms with E-state index in [2.05, 4.69) is 20.6 Å². The summed E-state index contributed by atoms with van der Waals surface area (Å²) in [5.41, 5.74) is 8.29. The molecule has 18 heavy (non-hydrogen) atoms. The molecule has 0 atom stereocenters. The highest BCUT2D eigenvalue weighted by Crippen LogP contribution is 2.16. The maximum absolute atomic E-state index is 12.1. The Hall–Kier alpha value is -2.31. The summed E-state index contributed by atoms with van der Waals surface area (Å²) in [5, 5.41) is 13.5. The van der Waals surface area contributed by atoms with Gasteiger partial charge in [-0.2, -0.15) is 10.2 Å². The Morgan fingerprint density at radius 1 is 1.61 bits per heavy atom. The van der Waals surface area contributed by atoms with E-state index in [1.54, 1.807) is 24.0 Å². The topological polar surface area (TPSA) is 102 Å². The fourth-order valence-electron chi connectivity index (χ4n) is 1.70. The van der Waals surface area contributed by atoms with Crippen LogP contribution in [0.3, 0.4) is 0 Å². The molecule has 96 valence electrons. The van der Waals surface area contributed by atoms with E-state index in [9.17, 15) is 4.79 Å². The van der Waals surface area contributed by atoms with Crippen molar-refractivity contribution < 1.29 is 4.79 Å². The second-order valence-electron chi connectivity index (χ2n) is 3.95. The van der Waals surface area contributed by atoms with Gasteiger partial charge in [-0.05, 0) is 13.8 Å². The van der Waals surface area contributed by atoms with Crippen LogP contribution in [0.2, 0.25) is 0 Å². The zero-order valence-corrected chi connectivity index (χ0v) is 10.4. The van der Waals surface area contributed by atoms with Crippen molar-refractivity contribution in [3.05, 3.63) is 29.3 Å². The molecular weight excluding hydrogens is 232 g/mol. The van der Waals surface area contributed by atoms with E-state index in [0.29, 0.717) is 30.2 Å². The van der Waals surface area contributed by atoms with E-state index in [4.69, 9.17) is 5.73 Å². The van der Waals surface area contributed by atoms with Crippen LogP contribution in [0.5, 0.6) is 0 Å². The number of anilines is 1. The summed E-state index contributed by atoms with van der Waals surface area (Å²) in [6.45, 7) is 4.71. The number of carbonyl (C=O) groups is 1. The molecule has 0 saturated heterocycles. The lowest BCUT2D eigenvalue weighted by atomic mass is 10.2. The summed E-state index contributed by atoms with van der Waals surface area (Å²) in [7, 11) is 0. The zero-order chi connectivity index (χ0) is 13.1. The number of aromatic amines is 1. The average Bonchev–Trinajstić information content (AvgIpc) is 2.96. The minimum absolute atomic E-state index is 0.226. The highest BCUT2D eigenvalue weighted by molar-refractivity contribution is 5.97. The van der Waals surface area contributed by atoms with Crippen LogP contribution in [0.4, 0.5) is 5.69 Å². The van der Waals surface area contributed by atoms with Crippen LogP contribution in [0.15, 0.2) is 12.4 Å². The van der Waals surface area contributed by atoms with Crippen LogP contribution in [0.1, 0.15) is 28.7 Å². The van der Waals surface area contributed by atoms with Crippen molar-refractivity contribution in [1.29, 1.82) is 0 Å². The van der Waals surface area contributed by atoms with Gasteiger partial charge in [0, 0.05) is 24.8 Å². The van der Waals surface area contributed by atoms with Crippen LogP contribution in [0, 0.1) is 6.92 Å². The summed E-state index contributed by atoms with van der Waals surface area (Å²) in [5.74, 6) is -0.226. The molecule has 0 unspecified atom stereocenters. The van der Waals surface area contributed by atoms with Gasteiger partial charge in [0.1, 0.15) is 5.69 Å². The van der Waals surface area contributed by atoms with Crippen molar-refractivity contribution >= 4 is 11.6 Å². The third-order valence-electron chi connectivity index (χ3n) is 2.70. The van der Waals surface area contributed by atoms with Gasteiger partial charge in [-0.15, -0.1) is 0 Å². The number of amides is 1. The van der Waals surface area contributed by atoms with Gasteiger partial charge in [0.2, 0.25) is 0 Å². The lowest BCUT2D eigenvalue weighted by molar-refractivity contribution is 0.0941. The van der Waals surface area contributed by atoms with Crippen molar-refractivity contribution in [2.45, 2.75) is 26.9 Å². The van der Waals surface area contributed by atoms with Crippen LogP contribution in [-0.2, 0) is 13.1 Å². The Kier molecular flexibility index (Phi) is 3.31. The van der Waals surface area contributed by atoms with Crippen molar-refractivity contribution in [2.75, 3.05) is 5.73 Å². The van der Waals surface area contributed by atoms with Gasteiger partial charge in [-0.25, -0.2) is 0 Å². The molecule has 0 aromatic carbocycles. The lowest BCUT2D eigenvalue weighted by Crippen LogP contribution is -2.26. The van der Waals surface area contributed by atoms with Crippen molar-refractivity contribution in [3.8, 4) is 0 Å². The number of H-pyrrole nitrogens is 1. The van der Waals surface area contributed by atoms with Gasteiger partial charge in [0.05, 0.1) is 17.6 Å². The molecule has 7 heteroatoms. The fraction of sp³-hybridized carbons (Fsp3) is 0.364. The van der Waals surface area contributed by atoms with E-state index in [1.807, 2.05) is 6.92 Å². The predicted octanol–water partition coefficient (Wildman–Crippen LogP) is 0.447. The Morgan fingerprint density at radius 3 is 3.00 bits per heavy atom. The van der Waals surface area contributed by atoms with Gasteiger partial charge in [0.15, 0.2) is 0 Å². The lowest BCUT2D eigenvalue weighted by Gasteiger charge is -2.06. The highest BCUT2D eigenvalue weighted by atomic mass is 16.2. The van der Waals surface area contributed by atoms with Crippen molar-refractivity contribution in [1.82, 2.24) is 25.3 Å². The summed E-state index contributed by atoms with van der Waals surface area (Å²) < 4.78 is 1.61. The number of carbonyl (C=O) groups excluding carboxylic acids is 1. The number of hydrogen-bond acceptors (Lipinski definition) is 4. The SMILES string of the molecule is CCn1nc(C)c(N)c1C(=O)NCc1cn[nH]c1. The molecule has 0 spiro atoms. The maximum Gasteiger partial charge on any atom is 0.271 e. The predicted molar refractivity (Wildman–Crippen MR) is 66.8 cm³/mol.